The molecule has 2 saturated heterocycles. The zero-order chi connectivity index (χ0) is 14.8. The summed E-state index contributed by atoms with van der Waals surface area (Å²) in [6.45, 7) is 1.66. The van der Waals surface area contributed by atoms with Crippen molar-refractivity contribution in [1.82, 2.24) is 15.3 Å². The van der Waals surface area contributed by atoms with Crippen LogP contribution in [0.2, 0.25) is 0 Å². The number of hydrogen-bond donors (Lipinski definition) is 2. The number of nitrogens with one attached hydrogen (secondary N) is 1. The van der Waals surface area contributed by atoms with Gasteiger partial charge in [-0.25, -0.2) is 9.97 Å². The molecular weight excluding hydrogens is 270 g/mol. The Bertz CT molecular complexity index is 605. The Balaban J connectivity index is 1.79. The van der Waals surface area contributed by atoms with Gasteiger partial charge in [0.15, 0.2) is 5.78 Å². The monoisotopic (exact) mass is 287 g/mol. The predicted molar refractivity (Wildman–Crippen MR) is 77.2 cm³/mol. The van der Waals surface area contributed by atoms with Crippen LogP contribution in [0.1, 0.15) is 25.0 Å². The Morgan fingerprint density at radius 3 is 2.76 bits per heavy atom. The highest BCUT2D eigenvalue weighted by Crippen LogP contribution is 2.16. The number of ketones is 1. The van der Waals surface area contributed by atoms with Gasteiger partial charge >= 0.3 is 0 Å². The molecule has 2 aliphatic heterocycles. The lowest BCUT2D eigenvalue weighted by Crippen LogP contribution is -2.40. The normalized spacial score (nSPS) is 22.0. The van der Waals surface area contributed by atoms with E-state index >= 15 is 0 Å². The third kappa shape index (κ3) is 3.08. The molecule has 3 N–H and O–H groups in total. The van der Waals surface area contributed by atoms with Crippen molar-refractivity contribution < 1.29 is 9.59 Å². The number of carbonyl (C=O) groups is 2. The number of Topliss-reactive ketones (excluding diaryl/α,β-unsaturated/α-hetero) is 1. The van der Waals surface area contributed by atoms with Crippen LogP contribution in [-0.2, 0) is 9.59 Å². The first-order chi connectivity index (χ1) is 10.1. The van der Waals surface area contributed by atoms with E-state index in [-0.39, 0.29) is 24.2 Å². The number of rotatable bonds is 2. The SMILES string of the molecule is NC1CCN(c2nccc(/C=C3\NC(=O)CC3=O)n2)CC1. The number of carbonyl (C=O) groups excluding carboxylic acids is 2. The molecule has 3 rings (SSSR count). The van der Waals surface area contributed by atoms with Crippen LogP contribution in [0, 0.1) is 0 Å². The van der Waals surface area contributed by atoms with Gasteiger partial charge in [-0.1, -0.05) is 0 Å². The number of nitrogens with two attached hydrogens (primary N) is 1. The van der Waals surface area contributed by atoms with Gasteiger partial charge in [-0.15, -0.1) is 0 Å². The summed E-state index contributed by atoms with van der Waals surface area (Å²) in [6.07, 6.45) is 5.00. The van der Waals surface area contributed by atoms with Crippen LogP contribution < -0.4 is 16.0 Å². The smallest absolute Gasteiger partial charge is 0.232 e. The maximum Gasteiger partial charge on any atom is 0.232 e. The number of anilines is 1. The predicted octanol–water partition coefficient (Wildman–Crippen LogP) is -0.166. The van der Waals surface area contributed by atoms with Crippen molar-refractivity contribution in [3.05, 3.63) is 23.7 Å². The minimum atomic E-state index is -0.273. The number of aromatic nitrogens is 2. The zero-order valence-corrected chi connectivity index (χ0v) is 11.6. The second kappa shape index (κ2) is 5.61. The molecule has 0 bridgehead atoms. The van der Waals surface area contributed by atoms with Crippen molar-refractivity contribution in [3.63, 3.8) is 0 Å². The number of amides is 1. The Labute approximate surface area is 122 Å². The van der Waals surface area contributed by atoms with Gasteiger partial charge < -0.3 is 16.0 Å². The van der Waals surface area contributed by atoms with Gasteiger partial charge in [0.1, 0.15) is 0 Å². The van der Waals surface area contributed by atoms with E-state index in [9.17, 15) is 9.59 Å². The van der Waals surface area contributed by atoms with E-state index in [0.29, 0.717) is 17.3 Å². The summed E-state index contributed by atoms with van der Waals surface area (Å²) in [5, 5.41) is 2.54. The largest absolute Gasteiger partial charge is 0.341 e. The zero-order valence-electron chi connectivity index (χ0n) is 11.6. The summed E-state index contributed by atoms with van der Waals surface area (Å²) in [5.41, 5.74) is 6.80. The van der Waals surface area contributed by atoms with E-state index in [2.05, 4.69) is 20.2 Å². The summed E-state index contributed by atoms with van der Waals surface area (Å²) in [6, 6.07) is 1.96. The fourth-order valence-corrected chi connectivity index (χ4v) is 2.46. The molecule has 21 heavy (non-hydrogen) atoms. The fourth-order valence-electron chi connectivity index (χ4n) is 2.46. The molecule has 7 heteroatoms. The molecule has 110 valence electrons. The average Bonchev–Trinajstić information content (AvgIpc) is 2.78. The number of piperidine rings is 1. The van der Waals surface area contributed by atoms with Crippen molar-refractivity contribution in [2.75, 3.05) is 18.0 Å². The van der Waals surface area contributed by atoms with Gasteiger partial charge in [0, 0.05) is 25.3 Å². The van der Waals surface area contributed by atoms with Crippen LogP contribution in [0.15, 0.2) is 18.0 Å². The molecule has 1 aromatic heterocycles. The molecule has 2 fully saturated rings. The number of hydrogen-bond acceptors (Lipinski definition) is 6. The van der Waals surface area contributed by atoms with E-state index in [1.165, 1.54) is 0 Å². The Hall–Kier alpha value is -2.28. The van der Waals surface area contributed by atoms with Crippen LogP contribution in [0.3, 0.4) is 0 Å². The summed E-state index contributed by atoms with van der Waals surface area (Å²) >= 11 is 0. The van der Waals surface area contributed by atoms with E-state index in [0.717, 1.165) is 25.9 Å². The molecular formula is C14H17N5O2. The first-order valence-electron chi connectivity index (χ1n) is 7.00. The second-order valence-electron chi connectivity index (χ2n) is 5.31. The lowest BCUT2D eigenvalue weighted by Gasteiger charge is -2.30. The van der Waals surface area contributed by atoms with Crippen LogP contribution in [-0.4, -0.2) is 40.8 Å². The van der Waals surface area contributed by atoms with E-state index in [4.69, 9.17) is 5.73 Å². The van der Waals surface area contributed by atoms with Crippen molar-refractivity contribution in [1.29, 1.82) is 0 Å². The lowest BCUT2D eigenvalue weighted by molar-refractivity contribution is -0.121. The molecule has 0 atom stereocenters. The summed E-state index contributed by atoms with van der Waals surface area (Å²) in [7, 11) is 0. The molecule has 1 amide bonds. The topological polar surface area (TPSA) is 101 Å². The minimum absolute atomic E-state index is 0.0895. The van der Waals surface area contributed by atoms with E-state index < -0.39 is 0 Å². The maximum absolute atomic E-state index is 11.6. The van der Waals surface area contributed by atoms with Gasteiger partial charge in [-0.2, -0.15) is 0 Å². The Morgan fingerprint density at radius 2 is 2.10 bits per heavy atom. The van der Waals surface area contributed by atoms with Crippen LogP contribution >= 0.6 is 0 Å². The molecule has 0 saturated carbocycles. The van der Waals surface area contributed by atoms with Crippen LogP contribution in [0.25, 0.3) is 6.08 Å². The molecule has 0 unspecified atom stereocenters. The first-order valence-corrected chi connectivity index (χ1v) is 7.00. The fraction of sp³-hybridized carbons (Fsp3) is 0.429. The van der Waals surface area contributed by atoms with Gasteiger partial charge in [0.05, 0.1) is 17.8 Å². The van der Waals surface area contributed by atoms with Crippen molar-refractivity contribution in [2.45, 2.75) is 25.3 Å². The highest BCUT2D eigenvalue weighted by atomic mass is 16.2. The minimum Gasteiger partial charge on any atom is -0.341 e. The van der Waals surface area contributed by atoms with Crippen molar-refractivity contribution in [2.24, 2.45) is 5.73 Å². The molecule has 1 aromatic rings. The molecule has 0 aromatic carbocycles. The molecule has 2 aliphatic rings. The van der Waals surface area contributed by atoms with Crippen molar-refractivity contribution >= 4 is 23.7 Å². The third-order valence-corrected chi connectivity index (χ3v) is 3.67. The van der Waals surface area contributed by atoms with Gasteiger partial charge in [0.2, 0.25) is 11.9 Å². The van der Waals surface area contributed by atoms with Gasteiger partial charge in [-0.05, 0) is 25.0 Å². The maximum atomic E-state index is 11.6. The number of allylic oxidation sites excluding steroid dienone is 1. The highest BCUT2D eigenvalue weighted by Gasteiger charge is 2.24. The summed E-state index contributed by atoms with van der Waals surface area (Å²) in [4.78, 5) is 33.6. The van der Waals surface area contributed by atoms with Crippen molar-refractivity contribution in [3.8, 4) is 0 Å². The molecule has 3 heterocycles. The number of nitrogens with zero attached hydrogens (tertiary/aromatic N) is 3. The second-order valence-corrected chi connectivity index (χ2v) is 5.31. The molecule has 0 spiro atoms. The first kappa shape index (κ1) is 13.7. The summed E-state index contributed by atoms with van der Waals surface area (Å²) < 4.78 is 0. The Morgan fingerprint density at radius 1 is 1.33 bits per heavy atom. The summed E-state index contributed by atoms with van der Waals surface area (Å²) in [5.74, 6) is 0.155. The van der Waals surface area contributed by atoms with Crippen LogP contribution in [0.4, 0.5) is 5.95 Å². The highest BCUT2D eigenvalue weighted by molar-refractivity contribution is 6.16. The molecule has 7 nitrogen and oxygen atoms in total. The quantitative estimate of drug-likeness (QED) is 0.578. The van der Waals surface area contributed by atoms with Gasteiger partial charge in [-0.3, -0.25) is 9.59 Å². The molecule has 0 aliphatic carbocycles. The van der Waals surface area contributed by atoms with E-state index in [1.807, 2.05) is 0 Å². The van der Waals surface area contributed by atoms with E-state index in [1.54, 1.807) is 18.3 Å². The Kier molecular flexibility index (Phi) is 3.66. The van der Waals surface area contributed by atoms with Crippen LogP contribution in [0.5, 0.6) is 0 Å². The standard InChI is InChI=1S/C14H17N5O2/c15-9-2-5-19(6-3-9)14-16-4-1-10(17-14)7-11-12(20)8-13(21)18-11/h1,4,7,9H,2-3,5-6,8,15H2,(H,18,21)/b11-7-. The molecule has 0 radical (unpaired) electrons. The lowest BCUT2D eigenvalue weighted by atomic mass is 10.1. The third-order valence-electron chi connectivity index (χ3n) is 3.67. The van der Waals surface area contributed by atoms with Gasteiger partial charge in [0.25, 0.3) is 0 Å². The average molecular weight is 287 g/mol.